The van der Waals surface area contributed by atoms with Gasteiger partial charge in [-0.25, -0.2) is 0 Å². The monoisotopic (exact) mass is 205 g/mol. The van der Waals surface area contributed by atoms with E-state index < -0.39 is 5.79 Å². The van der Waals surface area contributed by atoms with Gasteiger partial charge in [-0.1, -0.05) is 18.2 Å². The highest BCUT2D eigenvalue weighted by Gasteiger charge is 2.30. The van der Waals surface area contributed by atoms with Crippen LogP contribution in [0, 0.1) is 0 Å². The zero-order chi connectivity index (χ0) is 10.7. The second kappa shape index (κ2) is 4.13. The van der Waals surface area contributed by atoms with Crippen molar-refractivity contribution in [3.05, 3.63) is 36.2 Å². The molecule has 80 valence electrons. The van der Waals surface area contributed by atoms with Crippen molar-refractivity contribution in [1.82, 2.24) is 4.98 Å². The molecular formula is C12H15NO2. The Balaban J connectivity index is 1.96. The molecule has 0 spiro atoms. The van der Waals surface area contributed by atoms with E-state index in [1.165, 1.54) is 0 Å². The van der Waals surface area contributed by atoms with E-state index in [1.807, 2.05) is 44.3 Å². The summed E-state index contributed by atoms with van der Waals surface area (Å²) in [5.74, 6) is -0.454. The van der Waals surface area contributed by atoms with Crippen LogP contribution in [0.3, 0.4) is 0 Å². The number of pyridine rings is 1. The summed E-state index contributed by atoms with van der Waals surface area (Å²) in [6, 6.07) is 3.92. The van der Waals surface area contributed by atoms with E-state index in [1.54, 1.807) is 6.20 Å². The van der Waals surface area contributed by atoms with E-state index in [2.05, 4.69) is 4.98 Å². The lowest BCUT2D eigenvalue weighted by Gasteiger charge is -2.15. The summed E-state index contributed by atoms with van der Waals surface area (Å²) in [4.78, 5) is 4.04. The molecule has 1 aromatic rings. The predicted molar refractivity (Wildman–Crippen MR) is 58.2 cm³/mol. The highest BCUT2D eigenvalue weighted by atomic mass is 16.7. The first-order valence-electron chi connectivity index (χ1n) is 5.06. The van der Waals surface area contributed by atoms with Gasteiger partial charge < -0.3 is 9.47 Å². The lowest BCUT2D eigenvalue weighted by atomic mass is 10.2. The van der Waals surface area contributed by atoms with Crippen LogP contribution in [0.25, 0.3) is 6.08 Å². The number of hydrogen-bond donors (Lipinski definition) is 0. The van der Waals surface area contributed by atoms with E-state index in [9.17, 15) is 0 Å². The molecule has 0 aliphatic carbocycles. The van der Waals surface area contributed by atoms with Crippen LogP contribution in [0.5, 0.6) is 0 Å². The number of ether oxygens (including phenoxy) is 2. The Kier molecular flexibility index (Phi) is 2.84. The minimum Gasteiger partial charge on any atom is -0.347 e. The quantitative estimate of drug-likeness (QED) is 0.742. The Bertz CT molecular complexity index is 346. The molecule has 2 heterocycles. The van der Waals surface area contributed by atoms with Gasteiger partial charge >= 0.3 is 0 Å². The number of hydrogen-bond acceptors (Lipinski definition) is 3. The van der Waals surface area contributed by atoms with Crippen LogP contribution in [-0.4, -0.2) is 23.5 Å². The molecule has 2 rings (SSSR count). The summed E-state index contributed by atoms with van der Waals surface area (Å²) in [5, 5.41) is 0. The van der Waals surface area contributed by atoms with E-state index in [0.29, 0.717) is 6.61 Å². The zero-order valence-corrected chi connectivity index (χ0v) is 9.01. The summed E-state index contributed by atoms with van der Waals surface area (Å²) < 4.78 is 11.1. The molecule has 1 fully saturated rings. The molecule has 15 heavy (non-hydrogen) atoms. The molecule has 1 aliphatic heterocycles. The highest BCUT2D eigenvalue weighted by Crippen LogP contribution is 2.23. The minimum absolute atomic E-state index is 0.0419. The van der Waals surface area contributed by atoms with Crippen LogP contribution >= 0.6 is 0 Å². The molecule has 0 amide bonds. The summed E-state index contributed by atoms with van der Waals surface area (Å²) in [7, 11) is 0. The third-order valence-corrected chi connectivity index (χ3v) is 2.22. The average molecular weight is 205 g/mol. The van der Waals surface area contributed by atoms with Crippen LogP contribution < -0.4 is 0 Å². The Hall–Kier alpha value is -1.19. The molecule has 1 saturated heterocycles. The fraction of sp³-hybridized carbons (Fsp3) is 0.417. The topological polar surface area (TPSA) is 31.4 Å². The van der Waals surface area contributed by atoms with Crippen molar-refractivity contribution in [2.45, 2.75) is 25.7 Å². The van der Waals surface area contributed by atoms with Gasteiger partial charge in [0.2, 0.25) is 0 Å². The van der Waals surface area contributed by atoms with Crippen molar-refractivity contribution in [3.63, 3.8) is 0 Å². The summed E-state index contributed by atoms with van der Waals surface area (Å²) >= 11 is 0. The van der Waals surface area contributed by atoms with Crippen LogP contribution in [0.15, 0.2) is 30.6 Å². The van der Waals surface area contributed by atoms with Crippen molar-refractivity contribution in [2.24, 2.45) is 0 Å². The molecule has 1 atom stereocenters. The minimum atomic E-state index is -0.454. The molecule has 1 aliphatic rings. The Morgan fingerprint density at radius 2 is 2.40 bits per heavy atom. The molecule has 0 radical (unpaired) electrons. The van der Waals surface area contributed by atoms with Gasteiger partial charge in [0, 0.05) is 12.4 Å². The van der Waals surface area contributed by atoms with Gasteiger partial charge in [0.1, 0.15) is 6.10 Å². The first-order valence-corrected chi connectivity index (χ1v) is 5.06. The Morgan fingerprint density at radius 3 is 3.00 bits per heavy atom. The van der Waals surface area contributed by atoms with Crippen LogP contribution in [0.2, 0.25) is 0 Å². The normalized spacial score (nSPS) is 24.8. The van der Waals surface area contributed by atoms with Crippen molar-refractivity contribution in [3.8, 4) is 0 Å². The number of nitrogens with zero attached hydrogens (tertiary/aromatic N) is 1. The van der Waals surface area contributed by atoms with Crippen molar-refractivity contribution >= 4 is 6.08 Å². The maximum atomic E-state index is 5.64. The number of rotatable bonds is 2. The average Bonchev–Trinajstić information content (AvgIpc) is 2.57. The molecule has 1 aromatic heterocycles. The molecule has 0 N–H and O–H groups in total. The van der Waals surface area contributed by atoms with Crippen LogP contribution in [-0.2, 0) is 9.47 Å². The molecule has 0 unspecified atom stereocenters. The summed E-state index contributed by atoms with van der Waals surface area (Å²) in [6.07, 6.45) is 7.63. The fourth-order valence-electron chi connectivity index (χ4n) is 1.50. The highest BCUT2D eigenvalue weighted by molar-refractivity contribution is 5.48. The first kappa shape index (κ1) is 10.3. The standard InChI is InChI=1S/C12H15NO2/c1-12(2)14-9-11(15-12)6-5-10-4-3-7-13-8-10/h3-8,11H,9H2,1-2H3/t11-/m1/s1. The second-order valence-electron chi connectivity index (χ2n) is 4.01. The largest absolute Gasteiger partial charge is 0.347 e. The van der Waals surface area contributed by atoms with Crippen LogP contribution in [0.1, 0.15) is 19.4 Å². The van der Waals surface area contributed by atoms with Gasteiger partial charge in [0.15, 0.2) is 5.79 Å². The SMILES string of the molecule is CC1(C)OC[C@@H](C=Cc2cccnc2)O1. The van der Waals surface area contributed by atoms with E-state index in [0.717, 1.165) is 5.56 Å². The summed E-state index contributed by atoms with van der Waals surface area (Å²) in [6.45, 7) is 4.46. The maximum Gasteiger partial charge on any atom is 0.163 e. The van der Waals surface area contributed by atoms with Gasteiger partial charge in [-0.05, 0) is 25.5 Å². The molecular weight excluding hydrogens is 190 g/mol. The van der Waals surface area contributed by atoms with Gasteiger partial charge in [-0.15, -0.1) is 0 Å². The fourth-order valence-corrected chi connectivity index (χ4v) is 1.50. The third kappa shape index (κ3) is 2.88. The molecule has 3 heteroatoms. The van der Waals surface area contributed by atoms with Gasteiger partial charge in [0.05, 0.1) is 6.61 Å². The van der Waals surface area contributed by atoms with E-state index in [-0.39, 0.29) is 6.10 Å². The molecule has 0 saturated carbocycles. The summed E-state index contributed by atoms with van der Waals surface area (Å²) in [5.41, 5.74) is 1.07. The number of aromatic nitrogens is 1. The third-order valence-electron chi connectivity index (χ3n) is 2.22. The zero-order valence-electron chi connectivity index (χ0n) is 9.01. The van der Waals surface area contributed by atoms with Crippen molar-refractivity contribution in [1.29, 1.82) is 0 Å². The van der Waals surface area contributed by atoms with Gasteiger partial charge in [0.25, 0.3) is 0 Å². The molecule has 3 nitrogen and oxygen atoms in total. The van der Waals surface area contributed by atoms with Gasteiger partial charge in [-0.2, -0.15) is 0 Å². The van der Waals surface area contributed by atoms with E-state index >= 15 is 0 Å². The van der Waals surface area contributed by atoms with Crippen molar-refractivity contribution in [2.75, 3.05) is 6.61 Å². The molecule has 0 bridgehead atoms. The first-order chi connectivity index (χ1) is 7.16. The lowest BCUT2D eigenvalue weighted by Crippen LogP contribution is -2.20. The predicted octanol–water partition coefficient (Wildman–Crippen LogP) is 2.25. The smallest absolute Gasteiger partial charge is 0.163 e. The van der Waals surface area contributed by atoms with Gasteiger partial charge in [-0.3, -0.25) is 4.98 Å². The van der Waals surface area contributed by atoms with E-state index in [4.69, 9.17) is 9.47 Å². The second-order valence-corrected chi connectivity index (χ2v) is 4.01. The van der Waals surface area contributed by atoms with Crippen LogP contribution in [0.4, 0.5) is 0 Å². The Labute approximate surface area is 89.7 Å². The lowest BCUT2D eigenvalue weighted by molar-refractivity contribution is -0.133. The maximum absolute atomic E-state index is 5.64. The van der Waals surface area contributed by atoms with Crippen molar-refractivity contribution < 1.29 is 9.47 Å². The molecule has 0 aromatic carbocycles. The Morgan fingerprint density at radius 1 is 1.53 bits per heavy atom.